The maximum absolute atomic E-state index is 10.8. The molecule has 0 radical (unpaired) electrons. The molecule has 0 spiro atoms. The van der Waals surface area contributed by atoms with Crippen molar-refractivity contribution in [2.75, 3.05) is 26.3 Å². The number of primary amides is 1. The predicted octanol–water partition coefficient (Wildman–Crippen LogP) is 2.35. The second-order valence-electron chi connectivity index (χ2n) is 6.48. The van der Waals surface area contributed by atoms with Crippen LogP contribution >= 0.6 is 11.6 Å². The maximum Gasteiger partial charge on any atom is 0.255 e. The van der Waals surface area contributed by atoms with Crippen molar-refractivity contribution in [2.45, 2.75) is 25.8 Å². The number of ether oxygens (including phenoxy) is 1. The molecule has 6 heteroatoms. The Morgan fingerprint density at radius 3 is 2.96 bits per heavy atom. The van der Waals surface area contributed by atoms with Crippen LogP contribution in [0.2, 0.25) is 5.02 Å². The molecule has 1 amide bonds. The highest BCUT2D eigenvalue weighted by molar-refractivity contribution is 6.32. The van der Waals surface area contributed by atoms with Crippen molar-refractivity contribution in [1.82, 2.24) is 4.90 Å². The molecule has 1 aliphatic rings. The zero-order valence-electron chi connectivity index (χ0n) is 13.8. The second kappa shape index (κ2) is 8.51. The molecule has 1 heterocycles. The van der Waals surface area contributed by atoms with E-state index in [1.54, 1.807) is 6.07 Å². The minimum atomic E-state index is -0.536. The van der Waals surface area contributed by atoms with Crippen LogP contribution in [0.5, 0.6) is 5.75 Å². The quantitative estimate of drug-likeness (QED) is 0.704. The number of rotatable bonds is 8. The van der Waals surface area contributed by atoms with Crippen molar-refractivity contribution < 1.29 is 14.6 Å². The first-order valence-corrected chi connectivity index (χ1v) is 8.49. The van der Waals surface area contributed by atoms with Crippen molar-refractivity contribution in [3.63, 3.8) is 0 Å². The summed E-state index contributed by atoms with van der Waals surface area (Å²) < 4.78 is 5.26. The first kappa shape index (κ1) is 18.8. The van der Waals surface area contributed by atoms with E-state index in [4.69, 9.17) is 22.1 Å². The van der Waals surface area contributed by atoms with Crippen LogP contribution in [0.4, 0.5) is 0 Å². The number of allylic oxidation sites excluding steroid dienone is 1. The van der Waals surface area contributed by atoms with Gasteiger partial charge in [0.25, 0.3) is 5.91 Å². The van der Waals surface area contributed by atoms with E-state index in [0.29, 0.717) is 10.8 Å². The number of nitrogens with two attached hydrogens (primary N) is 1. The van der Waals surface area contributed by atoms with Crippen molar-refractivity contribution >= 4 is 17.5 Å². The monoisotopic (exact) mass is 352 g/mol. The van der Waals surface area contributed by atoms with Gasteiger partial charge < -0.3 is 15.6 Å². The molecule has 1 fully saturated rings. The zero-order valence-corrected chi connectivity index (χ0v) is 14.6. The summed E-state index contributed by atoms with van der Waals surface area (Å²) in [5.41, 5.74) is 6.05. The highest BCUT2D eigenvalue weighted by Gasteiger charge is 2.33. The Bertz CT molecular complexity index is 594. The lowest BCUT2D eigenvalue weighted by atomic mass is 9.78. The van der Waals surface area contributed by atoms with Crippen LogP contribution < -0.4 is 10.5 Å². The molecule has 0 saturated carbocycles. The van der Waals surface area contributed by atoms with Gasteiger partial charge in [-0.25, -0.2) is 0 Å². The Labute approximate surface area is 148 Å². The molecule has 1 atom stereocenters. The number of benzene rings is 1. The van der Waals surface area contributed by atoms with E-state index in [1.807, 2.05) is 18.2 Å². The Balaban J connectivity index is 2.01. The molecule has 3 N–H and O–H groups in total. The summed E-state index contributed by atoms with van der Waals surface area (Å²) in [5.74, 6) is -0.0831. The fourth-order valence-corrected chi connectivity index (χ4v) is 3.54. The standard InChI is InChI=1S/C18H25ClN2O3/c1-2-6-18(13-22)7-3-8-21(12-18)10-14-4-5-16(15(19)9-14)24-11-17(20)23/h2,4-5,9,22H,1,3,6-8,10-13H2,(H2,20,23)/t18-/m1/s1. The van der Waals surface area contributed by atoms with Gasteiger partial charge in [0, 0.05) is 18.5 Å². The lowest BCUT2D eigenvalue weighted by Gasteiger charge is -2.41. The van der Waals surface area contributed by atoms with E-state index in [-0.39, 0.29) is 18.6 Å². The molecule has 24 heavy (non-hydrogen) atoms. The second-order valence-corrected chi connectivity index (χ2v) is 6.89. The minimum Gasteiger partial charge on any atom is -0.482 e. The summed E-state index contributed by atoms with van der Waals surface area (Å²) in [7, 11) is 0. The van der Waals surface area contributed by atoms with Gasteiger partial charge in [0.15, 0.2) is 6.61 Å². The van der Waals surface area contributed by atoms with Gasteiger partial charge in [-0.1, -0.05) is 23.7 Å². The molecular weight excluding hydrogens is 328 g/mol. The third-order valence-electron chi connectivity index (χ3n) is 4.43. The van der Waals surface area contributed by atoms with Crippen LogP contribution in [0.25, 0.3) is 0 Å². The van der Waals surface area contributed by atoms with Crippen LogP contribution in [0, 0.1) is 5.41 Å². The SMILES string of the molecule is C=CC[C@@]1(CO)CCCN(Cc2ccc(OCC(N)=O)c(Cl)c2)C1. The number of hydrogen-bond donors (Lipinski definition) is 2. The van der Waals surface area contributed by atoms with Gasteiger partial charge >= 0.3 is 0 Å². The number of piperidine rings is 1. The first-order valence-electron chi connectivity index (χ1n) is 8.12. The first-order chi connectivity index (χ1) is 11.5. The number of nitrogens with zero attached hydrogens (tertiary/aromatic N) is 1. The Morgan fingerprint density at radius 2 is 2.33 bits per heavy atom. The lowest BCUT2D eigenvalue weighted by molar-refractivity contribution is -0.119. The van der Waals surface area contributed by atoms with E-state index in [0.717, 1.165) is 44.5 Å². The largest absolute Gasteiger partial charge is 0.482 e. The molecule has 0 bridgehead atoms. The number of hydrogen-bond acceptors (Lipinski definition) is 4. The van der Waals surface area contributed by atoms with Crippen molar-refractivity contribution in [1.29, 1.82) is 0 Å². The maximum atomic E-state index is 10.8. The average Bonchev–Trinajstić information content (AvgIpc) is 2.54. The van der Waals surface area contributed by atoms with Crippen LogP contribution in [0.15, 0.2) is 30.9 Å². The number of halogens is 1. The highest BCUT2D eigenvalue weighted by atomic mass is 35.5. The summed E-state index contributed by atoms with van der Waals surface area (Å²) in [5, 5.41) is 10.3. The minimum absolute atomic E-state index is 0.0890. The van der Waals surface area contributed by atoms with Crippen molar-refractivity contribution in [3.8, 4) is 5.75 Å². The summed E-state index contributed by atoms with van der Waals surface area (Å²) in [6.07, 6.45) is 4.79. The Hall–Kier alpha value is -1.56. The van der Waals surface area contributed by atoms with Gasteiger partial charge in [0.05, 0.1) is 11.6 Å². The third kappa shape index (κ3) is 4.97. The number of likely N-dealkylation sites (tertiary alicyclic amines) is 1. The number of carbonyl (C=O) groups is 1. The average molecular weight is 353 g/mol. The molecule has 2 rings (SSSR count). The number of carbonyl (C=O) groups excluding carboxylic acids is 1. The summed E-state index contributed by atoms with van der Waals surface area (Å²) in [6, 6.07) is 5.54. The van der Waals surface area contributed by atoms with Crippen molar-refractivity contribution in [3.05, 3.63) is 41.4 Å². The topological polar surface area (TPSA) is 75.8 Å². The molecule has 1 aromatic rings. The molecule has 5 nitrogen and oxygen atoms in total. The highest BCUT2D eigenvalue weighted by Crippen LogP contribution is 2.34. The van der Waals surface area contributed by atoms with E-state index in [2.05, 4.69) is 11.5 Å². The van der Waals surface area contributed by atoms with Gasteiger partial charge in [-0.05, 0) is 43.5 Å². The van der Waals surface area contributed by atoms with E-state index in [9.17, 15) is 9.90 Å². The smallest absolute Gasteiger partial charge is 0.255 e. The summed E-state index contributed by atoms with van der Waals surface area (Å²) in [6.45, 7) is 6.40. The third-order valence-corrected chi connectivity index (χ3v) is 4.72. The zero-order chi connectivity index (χ0) is 17.6. The normalized spacial score (nSPS) is 21.4. The molecule has 0 aromatic heterocycles. The van der Waals surface area contributed by atoms with Gasteiger partial charge in [0.2, 0.25) is 0 Å². The van der Waals surface area contributed by atoms with Crippen LogP contribution in [0.1, 0.15) is 24.8 Å². The number of amides is 1. The van der Waals surface area contributed by atoms with Crippen LogP contribution in [-0.2, 0) is 11.3 Å². The van der Waals surface area contributed by atoms with Gasteiger partial charge in [-0.3, -0.25) is 9.69 Å². The summed E-state index contributed by atoms with van der Waals surface area (Å²) >= 11 is 6.21. The molecule has 0 aliphatic carbocycles. The molecule has 1 aromatic carbocycles. The van der Waals surface area contributed by atoms with E-state index >= 15 is 0 Å². The van der Waals surface area contributed by atoms with Crippen LogP contribution in [-0.4, -0.2) is 42.2 Å². The molecule has 1 aliphatic heterocycles. The number of aliphatic hydroxyl groups excluding tert-OH is 1. The van der Waals surface area contributed by atoms with E-state index < -0.39 is 5.91 Å². The van der Waals surface area contributed by atoms with Crippen LogP contribution in [0.3, 0.4) is 0 Å². The van der Waals surface area contributed by atoms with Gasteiger partial charge in [-0.2, -0.15) is 0 Å². The van der Waals surface area contributed by atoms with Crippen molar-refractivity contribution in [2.24, 2.45) is 11.1 Å². The summed E-state index contributed by atoms with van der Waals surface area (Å²) in [4.78, 5) is 13.1. The number of aliphatic hydroxyl groups is 1. The molecule has 1 saturated heterocycles. The van der Waals surface area contributed by atoms with Gasteiger partial charge in [-0.15, -0.1) is 6.58 Å². The molecule has 0 unspecified atom stereocenters. The van der Waals surface area contributed by atoms with Gasteiger partial charge in [0.1, 0.15) is 5.75 Å². The Morgan fingerprint density at radius 1 is 1.54 bits per heavy atom. The fraction of sp³-hybridized carbons (Fsp3) is 0.500. The lowest BCUT2D eigenvalue weighted by Crippen LogP contribution is -2.44. The van der Waals surface area contributed by atoms with E-state index in [1.165, 1.54) is 0 Å². The fourth-order valence-electron chi connectivity index (χ4n) is 3.28. The molecule has 132 valence electrons. The predicted molar refractivity (Wildman–Crippen MR) is 95.0 cm³/mol. The molecular formula is C18H25ClN2O3. The Kier molecular flexibility index (Phi) is 6.66.